The maximum atomic E-state index is 13.4. The molecule has 1 atom stereocenters. The number of rotatable bonds is 1. The lowest BCUT2D eigenvalue weighted by atomic mass is 9.92. The van der Waals surface area contributed by atoms with Gasteiger partial charge in [-0.15, -0.1) is 0 Å². The molecule has 138 valence electrons. The number of fused-ring (bicyclic) bond motifs is 3. The van der Waals surface area contributed by atoms with E-state index in [9.17, 15) is 13.9 Å². The zero-order chi connectivity index (χ0) is 17.8. The van der Waals surface area contributed by atoms with E-state index in [1.807, 2.05) is 11.8 Å². The van der Waals surface area contributed by atoms with Crippen LogP contribution in [0.25, 0.3) is 0 Å². The van der Waals surface area contributed by atoms with Crippen molar-refractivity contribution in [3.63, 3.8) is 0 Å². The average molecular weight is 389 g/mol. The Labute approximate surface area is 152 Å². The van der Waals surface area contributed by atoms with E-state index in [1.54, 1.807) is 11.1 Å². The summed E-state index contributed by atoms with van der Waals surface area (Å²) < 4.78 is 25.4. The highest BCUT2D eigenvalue weighted by Crippen LogP contribution is 2.48. The number of hydrogen-bond acceptors (Lipinski definition) is 7. The molecule has 1 aromatic heterocycles. The smallest absolute Gasteiger partial charge is 0.255 e. The number of hydrogen-bond donors (Lipinski definition) is 2. The Balaban J connectivity index is 1.77. The number of carbonyl (C=O) groups is 1. The van der Waals surface area contributed by atoms with E-state index in [1.165, 1.54) is 0 Å². The van der Waals surface area contributed by atoms with Gasteiger partial charge in [-0.1, -0.05) is 0 Å². The van der Waals surface area contributed by atoms with Crippen molar-refractivity contribution in [1.29, 1.82) is 0 Å². The standard InChI is InChI=1S/C15H21ClN4O4S/c1-15-9-24-5-4-19(15)12-11(8-17-14(16)18-12)20(13(15)21)10-2-6-25(22,23)7-3-10/h8,10,22-23H,2-7,9H2,1H3. The first-order valence-corrected chi connectivity index (χ1v) is 10.5. The summed E-state index contributed by atoms with van der Waals surface area (Å²) >= 11 is 6.01. The predicted octanol–water partition coefficient (Wildman–Crippen LogP) is 1.98. The van der Waals surface area contributed by atoms with Gasteiger partial charge in [0.05, 0.1) is 19.4 Å². The summed E-state index contributed by atoms with van der Waals surface area (Å²) in [4.78, 5) is 25.5. The van der Waals surface area contributed by atoms with Crippen molar-refractivity contribution in [1.82, 2.24) is 9.97 Å². The van der Waals surface area contributed by atoms with Gasteiger partial charge in [0.2, 0.25) is 5.28 Å². The van der Waals surface area contributed by atoms with Gasteiger partial charge in [-0.25, -0.2) is 4.98 Å². The van der Waals surface area contributed by atoms with Crippen LogP contribution in [-0.4, -0.2) is 67.8 Å². The van der Waals surface area contributed by atoms with Crippen LogP contribution in [0.2, 0.25) is 5.28 Å². The molecule has 2 saturated heterocycles. The molecule has 2 fully saturated rings. The predicted molar refractivity (Wildman–Crippen MR) is 96.7 cm³/mol. The second-order valence-corrected chi connectivity index (χ2v) is 9.70. The largest absolute Gasteiger partial charge is 0.377 e. The summed E-state index contributed by atoms with van der Waals surface area (Å²) in [5, 5.41) is 0.139. The summed E-state index contributed by atoms with van der Waals surface area (Å²) in [6.07, 6.45) is 2.66. The van der Waals surface area contributed by atoms with E-state index in [-0.39, 0.29) is 23.8 Å². The summed E-state index contributed by atoms with van der Waals surface area (Å²) in [5.41, 5.74) is -0.208. The van der Waals surface area contributed by atoms with Crippen LogP contribution in [0.15, 0.2) is 6.20 Å². The van der Waals surface area contributed by atoms with Gasteiger partial charge in [-0.2, -0.15) is 15.6 Å². The van der Waals surface area contributed by atoms with Gasteiger partial charge in [-0.05, 0) is 31.4 Å². The lowest BCUT2D eigenvalue weighted by Crippen LogP contribution is -2.69. The molecule has 0 bridgehead atoms. The Morgan fingerprint density at radius 3 is 2.84 bits per heavy atom. The van der Waals surface area contributed by atoms with Crippen LogP contribution >= 0.6 is 22.2 Å². The topological polar surface area (TPSA) is 99.0 Å². The van der Waals surface area contributed by atoms with Crippen LogP contribution in [-0.2, 0) is 9.53 Å². The third kappa shape index (κ3) is 2.78. The van der Waals surface area contributed by atoms with Crippen LogP contribution < -0.4 is 9.80 Å². The van der Waals surface area contributed by atoms with E-state index >= 15 is 0 Å². The third-order valence-corrected chi connectivity index (χ3v) is 7.24. The lowest BCUT2D eigenvalue weighted by molar-refractivity contribution is -0.128. The minimum atomic E-state index is -2.52. The number of anilines is 2. The third-order valence-electron chi connectivity index (χ3n) is 5.27. The van der Waals surface area contributed by atoms with E-state index < -0.39 is 16.1 Å². The fourth-order valence-electron chi connectivity index (χ4n) is 3.87. The molecule has 0 spiro atoms. The molecule has 4 rings (SSSR count). The van der Waals surface area contributed by atoms with Gasteiger partial charge in [0.25, 0.3) is 5.91 Å². The van der Waals surface area contributed by atoms with Crippen LogP contribution in [0.4, 0.5) is 11.5 Å². The van der Waals surface area contributed by atoms with E-state index in [0.29, 0.717) is 49.0 Å². The number of morpholine rings is 1. The molecule has 1 unspecified atom stereocenters. The Bertz CT molecular complexity index is 711. The summed E-state index contributed by atoms with van der Waals surface area (Å²) in [5.74, 6) is 1.20. The van der Waals surface area contributed by atoms with E-state index in [0.717, 1.165) is 0 Å². The number of nitrogens with zero attached hydrogens (tertiary/aromatic N) is 4. The van der Waals surface area contributed by atoms with Crippen LogP contribution in [0.1, 0.15) is 19.8 Å². The zero-order valence-corrected chi connectivity index (χ0v) is 15.5. The second-order valence-electron chi connectivity index (χ2n) is 6.94. The van der Waals surface area contributed by atoms with Gasteiger partial charge in [0.1, 0.15) is 11.2 Å². The highest BCUT2D eigenvalue weighted by atomic mass is 35.5. The maximum Gasteiger partial charge on any atom is 0.255 e. The maximum absolute atomic E-state index is 13.4. The van der Waals surface area contributed by atoms with E-state index in [2.05, 4.69) is 9.97 Å². The Morgan fingerprint density at radius 1 is 1.40 bits per heavy atom. The monoisotopic (exact) mass is 388 g/mol. The first kappa shape index (κ1) is 17.3. The normalized spacial score (nSPS) is 30.6. The Hall–Kier alpha value is -1.13. The molecule has 2 N–H and O–H groups in total. The summed E-state index contributed by atoms with van der Waals surface area (Å²) in [6, 6.07) is -0.114. The number of ether oxygens (including phenoxy) is 1. The number of halogens is 1. The van der Waals surface area contributed by atoms with Crippen LogP contribution in [0.3, 0.4) is 0 Å². The molecular formula is C15H21ClN4O4S. The quantitative estimate of drug-likeness (QED) is 0.709. The van der Waals surface area contributed by atoms with Gasteiger partial charge < -0.3 is 14.5 Å². The van der Waals surface area contributed by atoms with Crippen molar-refractivity contribution in [2.75, 3.05) is 41.1 Å². The van der Waals surface area contributed by atoms with Crippen molar-refractivity contribution < 1.29 is 18.6 Å². The van der Waals surface area contributed by atoms with Crippen LogP contribution in [0.5, 0.6) is 0 Å². The molecule has 3 aliphatic rings. The molecule has 0 aliphatic carbocycles. The first-order chi connectivity index (χ1) is 11.8. The van der Waals surface area contributed by atoms with Crippen molar-refractivity contribution in [3.8, 4) is 0 Å². The highest BCUT2D eigenvalue weighted by molar-refractivity contribution is 8.24. The minimum Gasteiger partial charge on any atom is -0.377 e. The van der Waals surface area contributed by atoms with E-state index in [4.69, 9.17) is 16.3 Å². The molecule has 8 nitrogen and oxygen atoms in total. The summed E-state index contributed by atoms with van der Waals surface area (Å²) in [6.45, 7) is 3.22. The van der Waals surface area contributed by atoms with Crippen molar-refractivity contribution in [2.45, 2.75) is 31.3 Å². The lowest BCUT2D eigenvalue weighted by Gasteiger charge is -2.53. The first-order valence-electron chi connectivity index (χ1n) is 8.27. The highest BCUT2D eigenvalue weighted by Gasteiger charge is 2.52. The molecule has 0 aromatic carbocycles. The molecule has 0 radical (unpaired) electrons. The molecule has 10 heteroatoms. The van der Waals surface area contributed by atoms with Gasteiger partial charge in [0, 0.05) is 24.1 Å². The van der Waals surface area contributed by atoms with Gasteiger partial charge >= 0.3 is 0 Å². The minimum absolute atomic E-state index is 0.0611. The molecule has 25 heavy (non-hydrogen) atoms. The number of carbonyl (C=O) groups excluding carboxylic acids is 1. The van der Waals surface area contributed by atoms with Crippen LogP contribution in [0, 0.1) is 0 Å². The van der Waals surface area contributed by atoms with Gasteiger partial charge in [-0.3, -0.25) is 13.9 Å². The molecule has 4 heterocycles. The van der Waals surface area contributed by atoms with Gasteiger partial charge in [0.15, 0.2) is 5.82 Å². The zero-order valence-electron chi connectivity index (χ0n) is 13.9. The SMILES string of the molecule is CC12COCCN1c1nc(Cl)ncc1N(C1CCS(O)(O)CC1)C2=O. The average Bonchev–Trinajstić information content (AvgIpc) is 2.57. The van der Waals surface area contributed by atoms with Crippen molar-refractivity contribution in [2.24, 2.45) is 0 Å². The molecular weight excluding hydrogens is 368 g/mol. The van der Waals surface area contributed by atoms with Crippen molar-refractivity contribution in [3.05, 3.63) is 11.5 Å². The molecule has 1 amide bonds. The fraction of sp³-hybridized carbons (Fsp3) is 0.667. The number of amides is 1. The molecule has 3 aliphatic heterocycles. The molecule has 0 saturated carbocycles. The Kier molecular flexibility index (Phi) is 4.12. The fourth-order valence-corrected chi connectivity index (χ4v) is 5.50. The van der Waals surface area contributed by atoms with Crippen molar-refractivity contribution >= 4 is 39.6 Å². The molecule has 1 aromatic rings. The summed E-state index contributed by atoms with van der Waals surface area (Å²) in [7, 11) is -2.52. The number of aromatic nitrogens is 2. The Morgan fingerprint density at radius 2 is 2.12 bits per heavy atom. The second kappa shape index (κ2) is 5.95.